The van der Waals surface area contributed by atoms with Gasteiger partial charge in [0.1, 0.15) is 12.2 Å². The predicted molar refractivity (Wildman–Crippen MR) is 141 cm³/mol. The second-order valence-corrected chi connectivity index (χ2v) is 11.8. The number of ketones is 1. The van der Waals surface area contributed by atoms with Crippen LogP contribution >= 0.6 is 0 Å². The molecule has 7 atom stereocenters. The normalized spacial score (nSPS) is 35.5. The summed E-state index contributed by atoms with van der Waals surface area (Å²) in [5, 5.41) is 0. The highest BCUT2D eigenvalue weighted by molar-refractivity contribution is 6.03. The Kier molecular flexibility index (Phi) is 7.43. The predicted octanol–water partition coefficient (Wildman–Crippen LogP) is 5.24. The molecule has 7 heteroatoms. The summed E-state index contributed by atoms with van der Waals surface area (Å²) in [5.74, 6) is -2.89. The van der Waals surface area contributed by atoms with Crippen molar-refractivity contribution in [3.63, 3.8) is 0 Å². The van der Waals surface area contributed by atoms with Crippen molar-refractivity contribution >= 4 is 23.7 Å². The van der Waals surface area contributed by atoms with Crippen LogP contribution < -0.4 is 0 Å². The Hall–Kier alpha value is -3.22. The van der Waals surface area contributed by atoms with E-state index in [4.69, 9.17) is 14.2 Å². The van der Waals surface area contributed by atoms with E-state index in [0.717, 1.165) is 6.42 Å². The van der Waals surface area contributed by atoms with Crippen LogP contribution in [0, 0.1) is 29.1 Å². The molecule has 3 aliphatic carbocycles. The van der Waals surface area contributed by atoms with Crippen molar-refractivity contribution < 1.29 is 33.4 Å². The maximum Gasteiger partial charge on any atom is 0.338 e. The Morgan fingerprint density at radius 2 is 1.68 bits per heavy atom. The van der Waals surface area contributed by atoms with Gasteiger partial charge >= 0.3 is 17.9 Å². The van der Waals surface area contributed by atoms with Crippen LogP contribution in [0.1, 0.15) is 71.2 Å². The van der Waals surface area contributed by atoms with E-state index in [2.05, 4.69) is 20.4 Å². The molecule has 0 radical (unpaired) electrons. The van der Waals surface area contributed by atoms with Crippen LogP contribution in [-0.4, -0.2) is 41.5 Å². The Morgan fingerprint density at radius 1 is 1.03 bits per heavy atom. The number of Topliss-reactive ketones (excluding diaryl/α,β-unsaturated/α-hetero) is 1. The lowest BCUT2D eigenvalue weighted by Gasteiger charge is -2.39. The zero-order chi connectivity index (χ0) is 28.0. The molecule has 204 valence electrons. The van der Waals surface area contributed by atoms with Gasteiger partial charge in [0.15, 0.2) is 5.60 Å². The van der Waals surface area contributed by atoms with Gasteiger partial charge in [0, 0.05) is 20.3 Å². The first-order chi connectivity index (χ1) is 17.8. The number of hydrogen-bond acceptors (Lipinski definition) is 7. The van der Waals surface area contributed by atoms with E-state index in [0.29, 0.717) is 29.0 Å². The van der Waals surface area contributed by atoms with Gasteiger partial charge in [-0.3, -0.25) is 14.4 Å². The second kappa shape index (κ2) is 10.2. The molecule has 0 spiro atoms. The van der Waals surface area contributed by atoms with E-state index in [1.54, 1.807) is 37.3 Å². The van der Waals surface area contributed by atoms with E-state index < -0.39 is 41.6 Å². The van der Waals surface area contributed by atoms with E-state index in [1.165, 1.54) is 13.8 Å². The van der Waals surface area contributed by atoms with Crippen molar-refractivity contribution in [3.8, 4) is 0 Å². The fraction of sp³-hybridized carbons (Fsp3) is 0.548. The quantitative estimate of drug-likeness (QED) is 0.303. The summed E-state index contributed by atoms with van der Waals surface area (Å²) in [4.78, 5) is 52.4. The molecule has 0 saturated heterocycles. The monoisotopic (exact) mass is 522 g/mol. The van der Waals surface area contributed by atoms with Crippen LogP contribution in [0.3, 0.4) is 0 Å². The number of esters is 3. The Bertz CT molecular complexity index is 1180. The van der Waals surface area contributed by atoms with Crippen LogP contribution in [0.5, 0.6) is 0 Å². The number of ether oxygens (including phenoxy) is 3. The lowest BCUT2D eigenvalue weighted by molar-refractivity contribution is -0.179. The molecule has 0 amide bonds. The molecule has 0 bridgehead atoms. The van der Waals surface area contributed by atoms with Crippen molar-refractivity contribution in [1.29, 1.82) is 0 Å². The molecule has 1 aromatic rings. The molecule has 2 saturated carbocycles. The Balaban J connectivity index is 1.87. The van der Waals surface area contributed by atoms with E-state index in [1.807, 2.05) is 13.0 Å². The molecule has 4 rings (SSSR count). The number of carbonyl (C=O) groups is 4. The van der Waals surface area contributed by atoms with Crippen LogP contribution in [0.25, 0.3) is 0 Å². The van der Waals surface area contributed by atoms with Gasteiger partial charge in [-0.15, -0.1) is 0 Å². The minimum atomic E-state index is -1.69. The van der Waals surface area contributed by atoms with Crippen LogP contribution in [0.15, 0.2) is 54.1 Å². The number of carbonyl (C=O) groups excluding carboxylic acids is 4. The molecular weight excluding hydrogens is 484 g/mol. The van der Waals surface area contributed by atoms with Crippen molar-refractivity contribution in [2.75, 3.05) is 0 Å². The molecule has 0 aromatic heterocycles. The topological polar surface area (TPSA) is 96.0 Å². The molecule has 0 unspecified atom stereocenters. The number of allylic oxidation sites excluding steroid dienone is 1. The number of fused-ring (bicyclic) bond motifs is 2. The number of hydrogen-bond donors (Lipinski definition) is 0. The molecule has 2 fully saturated rings. The molecule has 38 heavy (non-hydrogen) atoms. The smallest absolute Gasteiger partial charge is 0.338 e. The summed E-state index contributed by atoms with van der Waals surface area (Å²) < 4.78 is 17.9. The van der Waals surface area contributed by atoms with E-state index in [9.17, 15) is 19.2 Å². The third kappa shape index (κ3) is 4.95. The Morgan fingerprint density at radius 3 is 2.29 bits per heavy atom. The molecule has 7 nitrogen and oxygen atoms in total. The number of rotatable bonds is 4. The Labute approximate surface area is 224 Å². The zero-order valence-corrected chi connectivity index (χ0v) is 23.1. The lowest BCUT2D eigenvalue weighted by atomic mass is 9.76. The first-order valence-electron chi connectivity index (χ1n) is 13.3. The molecule has 0 aliphatic heterocycles. The van der Waals surface area contributed by atoms with Crippen LogP contribution in [0.4, 0.5) is 0 Å². The van der Waals surface area contributed by atoms with Crippen LogP contribution in [0.2, 0.25) is 0 Å². The molecule has 0 heterocycles. The maximum absolute atomic E-state index is 14.3. The van der Waals surface area contributed by atoms with E-state index >= 15 is 0 Å². The fourth-order valence-electron chi connectivity index (χ4n) is 6.80. The fourth-order valence-corrected chi connectivity index (χ4v) is 6.80. The summed E-state index contributed by atoms with van der Waals surface area (Å²) in [5.41, 5.74) is -0.203. The molecule has 1 aromatic carbocycles. The highest BCUT2D eigenvalue weighted by atomic mass is 16.6. The van der Waals surface area contributed by atoms with Gasteiger partial charge in [-0.05, 0) is 66.2 Å². The lowest BCUT2D eigenvalue weighted by Crippen LogP contribution is -2.55. The standard InChI is InChI=1S/C31H38O7/c1-17-13-14-23-24(30(23,6)7)15-18(2)28(34)31(38-21(5)33)16-19(3)27(25(31)26(17)36-20(4)32)37-29(35)22-11-9-8-10-12-22/h8-12,15,19,23-27H,1,13-14,16H2,2-7H3/b18-15-/t19-,23-,24+,25-,26+,27-,31+/m0/s1. The van der Waals surface area contributed by atoms with Gasteiger partial charge in [0.2, 0.25) is 5.78 Å². The van der Waals surface area contributed by atoms with Gasteiger partial charge in [-0.2, -0.15) is 0 Å². The summed E-state index contributed by atoms with van der Waals surface area (Å²) in [6.45, 7) is 14.8. The number of benzene rings is 1. The van der Waals surface area contributed by atoms with Gasteiger partial charge in [0.25, 0.3) is 0 Å². The zero-order valence-electron chi connectivity index (χ0n) is 23.1. The average Bonchev–Trinajstić information content (AvgIpc) is 3.24. The van der Waals surface area contributed by atoms with Gasteiger partial charge in [-0.25, -0.2) is 4.79 Å². The van der Waals surface area contributed by atoms with Gasteiger partial charge in [-0.1, -0.05) is 51.6 Å². The summed E-state index contributed by atoms with van der Waals surface area (Å²) >= 11 is 0. The third-order valence-corrected chi connectivity index (χ3v) is 8.77. The maximum atomic E-state index is 14.3. The van der Waals surface area contributed by atoms with Crippen molar-refractivity contribution in [1.82, 2.24) is 0 Å². The highest BCUT2D eigenvalue weighted by Gasteiger charge is 2.65. The summed E-state index contributed by atoms with van der Waals surface area (Å²) in [6, 6.07) is 8.56. The largest absolute Gasteiger partial charge is 0.458 e. The van der Waals surface area contributed by atoms with E-state index in [-0.39, 0.29) is 29.5 Å². The third-order valence-electron chi connectivity index (χ3n) is 8.77. The van der Waals surface area contributed by atoms with Crippen molar-refractivity contribution in [2.24, 2.45) is 29.1 Å². The summed E-state index contributed by atoms with van der Waals surface area (Å²) in [6.07, 6.45) is 1.63. The molecular formula is C31H38O7. The van der Waals surface area contributed by atoms with Crippen LogP contribution in [-0.2, 0) is 28.6 Å². The van der Waals surface area contributed by atoms with Crippen molar-refractivity contribution in [3.05, 3.63) is 59.7 Å². The first-order valence-corrected chi connectivity index (χ1v) is 13.3. The highest BCUT2D eigenvalue weighted by Crippen LogP contribution is 2.62. The minimum Gasteiger partial charge on any atom is -0.458 e. The second-order valence-electron chi connectivity index (χ2n) is 11.8. The first kappa shape index (κ1) is 27.8. The summed E-state index contributed by atoms with van der Waals surface area (Å²) in [7, 11) is 0. The van der Waals surface area contributed by atoms with Gasteiger partial charge < -0.3 is 14.2 Å². The molecule has 3 aliphatic rings. The SMILES string of the molecule is C=C1CC[C@H]2[C@@H](/C=C(/C)C(=O)[C@@]3(OC(C)=O)C[C@H](C)[C@H](OC(=O)c4ccccc4)[C@@H]3[C@@H]1OC(C)=O)C2(C)C. The van der Waals surface area contributed by atoms with Gasteiger partial charge in [0.05, 0.1) is 11.5 Å². The average molecular weight is 523 g/mol. The minimum absolute atomic E-state index is 0.0165. The molecule has 0 N–H and O–H groups in total. The van der Waals surface area contributed by atoms with Crippen molar-refractivity contribution in [2.45, 2.75) is 78.6 Å².